The fourth-order valence-electron chi connectivity index (χ4n) is 3.67. The zero-order valence-corrected chi connectivity index (χ0v) is 17.2. The average Bonchev–Trinajstić information content (AvgIpc) is 3.11. The molecule has 2 rings (SSSR count). The van der Waals surface area contributed by atoms with Gasteiger partial charge in [-0.25, -0.2) is 0 Å². The zero-order chi connectivity index (χ0) is 20.0. The first-order valence-corrected chi connectivity index (χ1v) is 10.0. The Labute approximate surface area is 170 Å². The Morgan fingerprint density at radius 1 is 1.11 bits per heavy atom. The van der Waals surface area contributed by atoms with Gasteiger partial charge in [0.05, 0.1) is 12.0 Å². The van der Waals surface area contributed by atoms with Crippen molar-refractivity contribution in [2.75, 3.05) is 6.54 Å². The van der Waals surface area contributed by atoms with Crippen molar-refractivity contribution in [1.82, 2.24) is 10.6 Å². The first-order chi connectivity index (χ1) is 12.8. The van der Waals surface area contributed by atoms with Crippen LogP contribution in [0.5, 0.6) is 0 Å². The fourth-order valence-corrected chi connectivity index (χ4v) is 4.30. The Morgan fingerprint density at radius 2 is 1.70 bits per heavy atom. The van der Waals surface area contributed by atoms with E-state index in [-0.39, 0.29) is 42.5 Å². The van der Waals surface area contributed by atoms with E-state index in [0.717, 1.165) is 31.2 Å². The lowest BCUT2D eigenvalue weighted by Gasteiger charge is -2.29. The normalized spacial score (nSPS) is 16.6. The predicted octanol–water partition coefficient (Wildman–Crippen LogP) is 4.07. The molecule has 148 valence electrons. The van der Waals surface area contributed by atoms with Crippen LogP contribution in [0.1, 0.15) is 57.6 Å². The minimum Gasteiger partial charge on any atom is -0.356 e. The van der Waals surface area contributed by atoms with E-state index in [2.05, 4.69) is 10.6 Å². The topological polar surface area (TPSA) is 75.3 Å². The maximum absolute atomic E-state index is 13.0. The summed E-state index contributed by atoms with van der Waals surface area (Å²) in [5.41, 5.74) is 0.724. The summed E-state index contributed by atoms with van der Waals surface area (Å²) in [4.78, 5) is 35.8. The van der Waals surface area contributed by atoms with Gasteiger partial charge in [-0.3, -0.25) is 9.59 Å². The number of hydrogen-bond acceptors (Lipinski definition) is 3. The van der Waals surface area contributed by atoms with Crippen LogP contribution in [-0.2, 0) is 14.4 Å². The van der Waals surface area contributed by atoms with Crippen LogP contribution in [0.25, 0.3) is 0 Å². The van der Waals surface area contributed by atoms with Crippen molar-refractivity contribution in [2.45, 2.75) is 52.0 Å². The van der Waals surface area contributed by atoms with Crippen molar-refractivity contribution in [3.63, 3.8) is 0 Å². The molecule has 0 unspecified atom stereocenters. The highest BCUT2D eigenvalue weighted by Gasteiger charge is 2.32. The van der Waals surface area contributed by atoms with Gasteiger partial charge in [0.2, 0.25) is 11.8 Å². The lowest BCUT2D eigenvalue weighted by atomic mass is 9.90. The second-order valence-electron chi connectivity index (χ2n) is 7.21. The van der Waals surface area contributed by atoms with Crippen molar-refractivity contribution < 1.29 is 14.4 Å². The molecular weight excluding hydrogens is 387 g/mol. The molecule has 1 aliphatic carbocycles. The van der Waals surface area contributed by atoms with Crippen LogP contribution in [0, 0.1) is 11.8 Å². The third-order valence-electron chi connectivity index (χ3n) is 4.98. The Balaban J connectivity index is 2.25. The van der Waals surface area contributed by atoms with E-state index >= 15 is 0 Å². The number of amides is 2. The molecule has 0 aromatic heterocycles. The number of ketones is 1. The van der Waals surface area contributed by atoms with Gasteiger partial charge in [0.25, 0.3) is 0 Å². The minimum absolute atomic E-state index is 0.0692. The van der Waals surface area contributed by atoms with Gasteiger partial charge in [0, 0.05) is 35.5 Å². The summed E-state index contributed by atoms with van der Waals surface area (Å²) < 4.78 is 0. The summed E-state index contributed by atoms with van der Waals surface area (Å²) in [6, 6.07) is 4.99. The number of halogens is 2. The number of rotatable bonds is 8. The van der Waals surface area contributed by atoms with Gasteiger partial charge in [-0.1, -0.05) is 42.1 Å². The molecule has 0 spiro atoms. The molecule has 2 atom stereocenters. The van der Waals surface area contributed by atoms with Gasteiger partial charge in [-0.15, -0.1) is 0 Å². The first kappa shape index (κ1) is 21.7. The van der Waals surface area contributed by atoms with Crippen LogP contribution in [0.3, 0.4) is 0 Å². The zero-order valence-electron chi connectivity index (χ0n) is 15.7. The largest absolute Gasteiger partial charge is 0.356 e. The van der Waals surface area contributed by atoms with Crippen molar-refractivity contribution in [2.24, 2.45) is 11.8 Å². The van der Waals surface area contributed by atoms with Crippen molar-refractivity contribution in [3.8, 4) is 0 Å². The molecule has 0 saturated heterocycles. The maximum Gasteiger partial charge on any atom is 0.225 e. The molecule has 0 bridgehead atoms. The Kier molecular flexibility index (Phi) is 8.11. The predicted molar refractivity (Wildman–Crippen MR) is 107 cm³/mol. The van der Waals surface area contributed by atoms with Crippen LogP contribution >= 0.6 is 23.2 Å². The van der Waals surface area contributed by atoms with Crippen LogP contribution in [-0.4, -0.2) is 24.1 Å². The number of nitrogens with one attached hydrogen (secondary N) is 2. The molecule has 1 fully saturated rings. The molecule has 2 amide bonds. The molecule has 1 saturated carbocycles. The fraction of sp³-hybridized carbons (Fsp3) is 0.550. The van der Waals surface area contributed by atoms with E-state index in [1.807, 2.05) is 0 Å². The monoisotopic (exact) mass is 412 g/mol. The van der Waals surface area contributed by atoms with Gasteiger partial charge < -0.3 is 15.4 Å². The van der Waals surface area contributed by atoms with Crippen LogP contribution in [0.15, 0.2) is 18.2 Å². The third kappa shape index (κ3) is 6.22. The molecule has 0 aliphatic heterocycles. The highest BCUT2D eigenvalue weighted by molar-refractivity contribution is 6.36. The van der Waals surface area contributed by atoms with Crippen LogP contribution < -0.4 is 10.6 Å². The SMILES string of the molecule is CC(=O)C[C@H](CNC(C)=O)C(=O)N[C@H](c1c(Cl)cccc1Cl)C1CCCC1. The molecule has 27 heavy (non-hydrogen) atoms. The summed E-state index contributed by atoms with van der Waals surface area (Å²) in [5, 5.41) is 6.74. The number of Topliss-reactive ketones (excluding diaryl/α,β-unsaturated/α-hetero) is 1. The van der Waals surface area contributed by atoms with Crippen molar-refractivity contribution >= 4 is 40.8 Å². The van der Waals surface area contributed by atoms with E-state index < -0.39 is 5.92 Å². The summed E-state index contributed by atoms with van der Waals surface area (Å²) in [7, 11) is 0. The molecular formula is C20H26Cl2N2O3. The van der Waals surface area contributed by atoms with Crippen LogP contribution in [0.4, 0.5) is 0 Å². The second kappa shape index (κ2) is 10.1. The van der Waals surface area contributed by atoms with Crippen molar-refractivity contribution in [1.29, 1.82) is 0 Å². The third-order valence-corrected chi connectivity index (χ3v) is 5.64. The lowest BCUT2D eigenvalue weighted by molar-refractivity contribution is -0.130. The number of carbonyl (C=O) groups is 3. The highest BCUT2D eigenvalue weighted by Crippen LogP contribution is 2.41. The minimum atomic E-state index is -0.628. The molecule has 0 heterocycles. The van der Waals surface area contributed by atoms with E-state index in [0.29, 0.717) is 10.0 Å². The molecule has 0 radical (unpaired) electrons. The molecule has 7 heteroatoms. The van der Waals surface area contributed by atoms with Gasteiger partial charge in [-0.2, -0.15) is 0 Å². The van der Waals surface area contributed by atoms with Gasteiger partial charge in [0.15, 0.2) is 0 Å². The van der Waals surface area contributed by atoms with Gasteiger partial charge >= 0.3 is 0 Å². The van der Waals surface area contributed by atoms with E-state index in [9.17, 15) is 14.4 Å². The maximum atomic E-state index is 13.0. The summed E-state index contributed by atoms with van der Waals surface area (Å²) in [5.74, 6) is -1.000. The second-order valence-corrected chi connectivity index (χ2v) is 8.02. The van der Waals surface area contributed by atoms with E-state index in [1.54, 1.807) is 18.2 Å². The standard InChI is InChI=1S/C20H26Cl2N2O3/c1-12(25)10-15(11-23-13(2)26)20(27)24-19(14-6-3-4-7-14)18-16(21)8-5-9-17(18)22/h5,8-9,14-15,19H,3-4,6-7,10-11H2,1-2H3,(H,23,26)(H,24,27)/t15-,19+/m1/s1. The van der Waals surface area contributed by atoms with E-state index in [1.165, 1.54) is 13.8 Å². The average molecular weight is 413 g/mol. The Bertz CT molecular complexity index is 682. The number of benzene rings is 1. The van der Waals surface area contributed by atoms with Gasteiger partial charge in [0.1, 0.15) is 5.78 Å². The summed E-state index contributed by atoms with van der Waals surface area (Å²) in [6.07, 6.45) is 4.23. The number of hydrogen-bond donors (Lipinski definition) is 2. The first-order valence-electron chi connectivity index (χ1n) is 9.27. The van der Waals surface area contributed by atoms with Crippen molar-refractivity contribution in [3.05, 3.63) is 33.8 Å². The quantitative estimate of drug-likeness (QED) is 0.675. The molecule has 1 aromatic carbocycles. The Hall–Kier alpha value is -1.59. The molecule has 2 N–H and O–H groups in total. The molecule has 1 aliphatic rings. The molecule has 5 nitrogen and oxygen atoms in total. The molecule has 1 aromatic rings. The number of carbonyl (C=O) groups excluding carboxylic acids is 3. The summed E-state index contributed by atoms with van der Waals surface area (Å²) in [6.45, 7) is 2.94. The van der Waals surface area contributed by atoms with Crippen LogP contribution in [0.2, 0.25) is 10.0 Å². The highest BCUT2D eigenvalue weighted by atomic mass is 35.5. The van der Waals surface area contributed by atoms with Gasteiger partial charge in [-0.05, 0) is 37.8 Å². The summed E-state index contributed by atoms with van der Waals surface area (Å²) >= 11 is 12.8. The Morgan fingerprint density at radius 3 is 2.22 bits per heavy atom. The smallest absolute Gasteiger partial charge is 0.225 e. The van der Waals surface area contributed by atoms with E-state index in [4.69, 9.17) is 23.2 Å². The lowest BCUT2D eigenvalue weighted by Crippen LogP contribution is -2.42.